The lowest BCUT2D eigenvalue weighted by Gasteiger charge is -1.97. The first kappa shape index (κ1) is 9.87. The Hall–Kier alpha value is -1.21. The molecule has 0 fully saturated rings. The van der Waals surface area contributed by atoms with Crippen molar-refractivity contribution in [3.8, 4) is 0 Å². The number of hydrogen-bond acceptors (Lipinski definition) is 4. The molecule has 72 valence electrons. The van der Waals surface area contributed by atoms with E-state index in [4.69, 9.17) is 5.14 Å². The number of aryl methyl sites for hydroxylation is 1. The third-order valence-corrected chi connectivity index (χ3v) is 2.15. The van der Waals surface area contributed by atoms with Gasteiger partial charge in [0.05, 0.1) is 24.1 Å². The highest BCUT2D eigenvalue weighted by Gasteiger charge is 2.03. The average Bonchev–Trinajstić information content (AvgIpc) is 2.47. The fraction of sp³-hybridized carbons (Fsp3) is 0.333. The monoisotopic (exact) mass is 203 g/mol. The molecule has 7 heteroatoms. The van der Waals surface area contributed by atoms with Crippen LogP contribution in [-0.4, -0.2) is 30.2 Å². The molecule has 0 unspecified atom stereocenters. The summed E-state index contributed by atoms with van der Waals surface area (Å²) in [5.41, 5.74) is 0.411. The fourth-order valence-corrected chi connectivity index (χ4v) is 1.23. The predicted molar refractivity (Wildman–Crippen MR) is 45.6 cm³/mol. The summed E-state index contributed by atoms with van der Waals surface area (Å²) in [6.07, 6.45) is 3.45. The van der Waals surface area contributed by atoms with Crippen molar-refractivity contribution in [2.24, 2.45) is 5.14 Å². The molecule has 6 nitrogen and oxygen atoms in total. The average molecular weight is 203 g/mol. The van der Waals surface area contributed by atoms with Crippen LogP contribution in [0.3, 0.4) is 0 Å². The quantitative estimate of drug-likeness (QED) is 0.634. The van der Waals surface area contributed by atoms with Crippen LogP contribution < -0.4 is 5.14 Å². The van der Waals surface area contributed by atoms with Crippen LogP contribution in [0.5, 0.6) is 0 Å². The maximum absolute atomic E-state index is 10.5. The molecule has 0 saturated heterocycles. The van der Waals surface area contributed by atoms with E-state index in [1.165, 1.54) is 17.1 Å². The van der Waals surface area contributed by atoms with E-state index in [0.717, 1.165) is 0 Å². The molecule has 2 N–H and O–H groups in total. The Labute approximate surface area is 75.4 Å². The summed E-state index contributed by atoms with van der Waals surface area (Å²) in [5, 5.41) is 8.54. The SMILES string of the molecule is NS(=O)(=O)CCn1cc(C=O)cn1. The van der Waals surface area contributed by atoms with E-state index in [1.54, 1.807) is 0 Å². The molecule has 1 aromatic rings. The highest BCUT2D eigenvalue weighted by Crippen LogP contribution is 1.93. The van der Waals surface area contributed by atoms with Gasteiger partial charge in [0, 0.05) is 6.20 Å². The molecular weight excluding hydrogens is 194 g/mol. The largest absolute Gasteiger partial charge is 0.298 e. The van der Waals surface area contributed by atoms with Crippen LogP contribution in [0, 0.1) is 0 Å². The van der Waals surface area contributed by atoms with Gasteiger partial charge in [-0.25, -0.2) is 13.6 Å². The first-order valence-electron chi connectivity index (χ1n) is 3.49. The van der Waals surface area contributed by atoms with Crippen LogP contribution in [0.4, 0.5) is 0 Å². The van der Waals surface area contributed by atoms with Gasteiger partial charge in [-0.3, -0.25) is 9.48 Å². The summed E-state index contributed by atoms with van der Waals surface area (Å²) in [6, 6.07) is 0. The van der Waals surface area contributed by atoms with Gasteiger partial charge in [-0.2, -0.15) is 5.10 Å². The van der Waals surface area contributed by atoms with Gasteiger partial charge < -0.3 is 0 Å². The normalized spacial score (nSPS) is 11.5. The second kappa shape index (κ2) is 3.67. The zero-order valence-electron chi connectivity index (χ0n) is 6.75. The zero-order valence-corrected chi connectivity index (χ0v) is 7.57. The van der Waals surface area contributed by atoms with E-state index in [2.05, 4.69) is 5.10 Å². The topological polar surface area (TPSA) is 95.0 Å². The number of primary sulfonamides is 1. The highest BCUT2D eigenvalue weighted by atomic mass is 32.2. The molecule has 0 radical (unpaired) electrons. The Morgan fingerprint density at radius 2 is 2.31 bits per heavy atom. The summed E-state index contributed by atoms with van der Waals surface area (Å²) >= 11 is 0. The van der Waals surface area contributed by atoms with Crippen molar-refractivity contribution in [1.29, 1.82) is 0 Å². The predicted octanol–water partition coefficient (Wildman–Crippen LogP) is -1.02. The molecule has 0 atom stereocenters. The number of carbonyl (C=O) groups is 1. The molecule has 1 heterocycles. The van der Waals surface area contributed by atoms with Crippen molar-refractivity contribution < 1.29 is 13.2 Å². The van der Waals surface area contributed by atoms with Gasteiger partial charge in [-0.1, -0.05) is 0 Å². The van der Waals surface area contributed by atoms with E-state index in [0.29, 0.717) is 11.8 Å². The Balaban J connectivity index is 2.60. The summed E-state index contributed by atoms with van der Waals surface area (Å²) in [4.78, 5) is 10.2. The number of aromatic nitrogens is 2. The van der Waals surface area contributed by atoms with E-state index in [1.807, 2.05) is 0 Å². The number of sulfonamides is 1. The lowest BCUT2D eigenvalue weighted by atomic mass is 10.4. The van der Waals surface area contributed by atoms with Crippen LogP contribution in [0.15, 0.2) is 12.4 Å². The summed E-state index contributed by atoms with van der Waals surface area (Å²) in [5.74, 6) is -0.188. The molecule has 1 rings (SSSR count). The van der Waals surface area contributed by atoms with E-state index in [-0.39, 0.29) is 12.3 Å². The van der Waals surface area contributed by atoms with Crippen molar-refractivity contribution in [3.05, 3.63) is 18.0 Å². The van der Waals surface area contributed by atoms with Gasteiger partial charge >= 0.3 is 0 Å². The Morgan fingerprint density at radius 3 is 2.77 bits per heavy atom. The molecule has 13 heavy (non-hydrogen) atoms. The van der Waals surface area contributed by atoms with Crippen LogP contribution in [-0.2, 0) is 16.6 Å². The van der Waals surface area contributed by atoms with Gasteiger partial charge in [0.2, 0.25) is 10.0 Å². The molecule has 0 aliphatic heterocycles. The first-order chi connectivity index (χ1) is 6.01. The van der Waals surface area contributed by atoms with Gasteiger partial charge in [-0.15, -0.1) is 0 Å². The van der Waals surface area contributed by atoms with Crippen LogP contribution in [0.25, 0.3) is 0 Å². The number of carbonyl (C=O) groups excluding carboxylic acids is 1. The van der Waals surface area contributed by atoms with Gasteiger partial charge in [-0.05, 0) is 0 Å². The molecule has 0 aromatic carbocycles. The fourth-order valence-electron chi connectivity index (χ4n) is 0.783. The standard InChI is InChI=1S/C6H9N3O3S/c7-13(11,12)2-1-9-4-6(5-10)3-8-9/h3-5H,1-2H2,(H2,7,11,12). The molecule has 0 amide bonds. The van der Waals surface area contributed by atoms with Gasteiger partial charge in [0.1, 0.15) is 0 Å². The number of aldehydes is 1. The zero-order chi connectivity index (χ0) is 9.90. The number of nitrogens with zero attached hydrogens (tertiary/aromatic N) is 2. The molecule has 0 bridgehead atoms. The molecule has 1 aromatic heterocycles. The summed E-state index contributed by atoms with van der Waals surface area (Å²) in [7, 11) is -3.47. The lowest BCUT2D eigenvalue weighted by molar-refractivity contribution is 0.112. The highest BCUT2D eigenvalue weighted by molar-refractivity contribution is 7.89. The second-order valence-electron chi connectivity index (χ2n) is 2.52. The maximum atomic E-state index is 10.5. The Morgan fingerprint density at radius 1 is 1.62 bits per heavy atom. The summed E-state index contributed by atoms with van der Waals surface area (Å²) < 4.78 is 22.5. The van der Waals surface area contributed by atoms with Gasteiger partial charge in [0.25, 0.3) is 0 Å². The van der Waals surface area contributed by atoms with Gasteiger partial charge in [0.15, 0.2) is 6.29 Å². The third kappa shape index (κ3) is 3.34. The van der Waals surface area contributed by atoms with E-state index >= 15 is 0 Å². The molecule has 0 aliphatic carbocycles. The summed E-state index contributed by atoms with van der Waals surface area (Å²) in [6.45, 7) is 0.159. The Bertz CT molecular complexity index is 395. The molecule has 0 saturated carbocycles. The molecule has 0 aliphatic rings. The van der Waals surface area contributed by atoms with Crippen molar-refractivity contribution in [1.82, 2.24) is 9.78 Å². The minimum atomic E-state index is -3.47. The number of hydrogen-bond donors (Lipinski definition) is 1. The number of nitrogens with two attached hydrogens (primary N) is 1. The first-order valence-corrected chi connectivity index (χ1v) is 5.21. The third-order valence-electron chi connectivity index (χ3n) is 1.39. The van der Waals surface area contributed by atoms with Crippen LogP contribution in [0.2, 0.25) is 0 Å². The van der Waals surface area contributed by atoms with Crippen LogP contribution >= 0.6 is 0 Å². The minimum Gasteiger partial charge on any atom is -0.298 e. The van der Waals surface area contributed by atoms with Crippen molar-refractivity contribution in [2.45, 2.75) is 6.54 Å². The van der Waals surface area contributed by atoms with Crippen molar-refractivity contribution in [3.63, 3.8) is 0 Å². The Kier molecular flexibility index (Phi) is 2.79. The minimum absolute atomic E-state index is 0.159. The second-order valence-corrected chi connectivity index (χ2v) is 4.26. The molecular formula is C6H9N3O3S. The van der Waals surface area contributed by atoms with E-state index in [9.17, 15) is 13.2 Å². The smallest absolute Gasteiger partial charge is 0.210 e. The maximum Gasteiger partial charge on any atom is 0.210 e. The lowest BCUT2D eigenvalue weighted by Crippen LogP contribution is -2.20. The van der Waals surface area contributed by atoms with E-state index < -0.39 is 10.0 Å². The number of rotatable bonds is 4. The molecule has 0 spiro atoms. The van der Waals surface area contributed by atoms with Crippen molar-refractivity contribution >= 4 is 16.3 Å². The van der Waals surface area contributed by atoms with Crippen LogP contribution in [0.1, 0.15) is 10.4 Å². The van der Waals surface area contributed by atoms with Crippen molar-refractivity contribution in [2.75, 3.05) is 5.75 Å².